The lowest BCUT2D eigenvalue weighted by Crippen LogP contribution is -2.38. The first-order valence-electron chi connectivity index (χ1n) is 5.27. The van der Waals surface area contributed by atoms with Crippen molar-refractivity contribution in [2.24, 2.45) is 0 Å². The van der Waals surface area contributed by atoms with Gasteiger partial charge in [-0.05, 0) is 12.0 Å². The highest BCUT2D eigenvalue weighted by atomic mass is 16.5. The first-order chi connectivity index (χ1) is 7.36. The van der Waals surface area contributed by atoms with Gasteiger partial charge in [-0.25, -0.2) is 0 Å². The fraction of sp³-hybridized carbons (Fsp3) is 0.500. The molecule has 1 fully saturated rings. The second-order valence-electron chi connectivity index (χ2n) is 3.77. The Bertz CT molecular complexity index is 286. The van der Waals surface area contributed by atoms with Crippen molar-refractivity contribution in [2.75, 3.05) is 13.2 Å². The molecular weight excluding hydrogens is 192 g/mol. The molecule has 1 aromatic carbocycles. The summed E-state index contributed by atoms with van der Waals surface area (Å²) in [4.78, 5) is 0. The SMILES string of the molecule is O[C@@H]1CCOC[C@@H]1OCc1ccccc1. The maximum Gasteiger partial charge on any atom is 0.107 e. The quantitative estimate of drug-likeness (QED) is 0.815. The molecule has 15 heavy (non-hydrogen) atoms. The van der Waals surface area contributed by atoms with E-state index in [1.165, 1.54) is 0 Å². The molecule has 0 unspecified atom stereocenters. The van der Waals surface area contributed by atoms with Gasteiger partial charge in [0.25, 0.3) is 0 Å². The van der Waals surface area contributed by atoms with Gasteiger partial charge in [-0.3, -0.25) is 0 Å². The van der Waals surface area contributed by atoms with Crippen molar-refractivity contribution in [1.82, 2.24) is 0 Å². The van der Waals surface area contributed by atoms with Crippen molar-refractivity contribution < 1.29 is 14.6 Å². The van der Waals surface area contributed by atoms with E-state index in [-0.39, 0.29) is 12.2 Å². The number of hydrogen-bond acceptors (Lipinski definition) is 3. The number of hydrogen-bond donors (Lipinski definition) is 1. The smallest absolute Gasteiger partial charge is 0.107 e. The van der Waals surface area contributed by atoms with Gasteiger partial charge in [0.05, 0.1) is 19.3 Å². The van der Waals surface area contributed by atoms with Crippen molar-refractivity contribution in [2.45, 2.75) is 25.2 Å². The summed E-state index contributed by atoms with van der Waals surface area (Å²) in [6.07, 6.45) is 0.0980. The molecule has 0 radical (unpaired) electrons. The second kappa shape index (κ2) is 5.26. The Morgan fingerprint density at radius 3 is 2.87 bits per heavy atom. The van der Waals surface area contributed by atoms with Crippen LogP contribution in [0.5, 0.6) is 0 Å². The Morgan fingerprint density at radius 1 is 1.33 bits per heavy atom. The molecule has 82 valence electrons. The third-order valence-corrected chi connectivity index (χ3v) is 2.58. The van der Waals surface area contributed by atoms with Crippen LogP contribution in [0.1, 0.15) is 12.0 Å². The van der Waals surface area contributed by atoms with E-state index in [1.54, 1.807) is 0 Å². The number of aliphatic hydroxyl groups is 1. The molecule has 1 aromatic rings. The Kier molecular flexibility index (Phi) is 3.72. The van der Waals surface area contributed by atoms with Crippen LogP contribution in [0.3, 0.4) is 0 Å². The summed E-state index contributed by atoms with van der Waals surface area (Å²) < 4.78 is 10.9. The summed E-state index contributed by atoms with van der Waals surface area (Å²) in [5.41, 5.74) is 1.12. The summed E-state index contributed by atoms with van der Waals surface area (Å²) in [6.45, 7) is 1.66. The average molecular weight is 208 g/mol. The molecule has 1 aliphatic heterocycles. The predicted molar refractivity (Wildman–Crippen MR) is 56.5 cm³/mol. The fourth-order valence-corrected chi connectivity index (χ4v) is 1.64. The maximum atomic E-state index is 9.64. The monoisotopic (exact) mass is 208 g/mol. The van der Waals surface area contributed by atoms with Gasteiger partial charge in [0, 0.05) is 6.61 Å². The highest BCUT2D eigenvalue weighted by Gasteiger charge is 2.24. The van der Waals surface area contributed by atoms with Gasteiger partial charge in [-0.2, -0.15) is 0 Å². The van der Waals surface area contributed by atoms with E-state index < -0.39 is 0 Å². The van der Waals surface area contributed by atoms with E-state index in [0.29, 0.717) is 26.2 Å². The molecule has 2 rings (SSSR count). The lowest BCUT2D eigenvalue weighted by atomic mass is 10.1. The minimum absolute atomic E-state index is 0.182. The summed E-state index contributed by atoms with van der Waals surface area (Å²) >= 11 is 0. The Balaban J connectivity index is 1.82. The fourth-order valence-electron chi connectivity index (χ4n) is 1.64. The summed E-state index contributed by atoms with van der Waals surface area (Å²) in [6, 6.07) is 9.95. The van der Waals surface area contributed by atoms with Crippen LogP contribution in [0.2, 0.25) is 0 Å². The standard InChI is InChI=1S/C12H16O3/c13-11-6-7-14-9-12(11)15-8-10-4-2-1-3-5-10/h1-5,11-13H,6-9H2/t11-,12+/m1/s1. The van der Waals surface area contributed by atoms with Crippen molar-refractivity contribution in [3.05, 3.63) is 35.9 Å². The molecule has 0 aromatic heterocycles. The van der Waals surface area contributed by atoms with Crippen LogP contribution in [0.4, 0.5) is 0 Å². The summed E-state index contributed by atoms with van der Waals surface area (Å²) in [7, 11) is 0. The van der Waals surface area contributed by atoms with Crippen molar-refractivity contribution >= 4 is 0 Å². The number of aliphatic hydroxyl groups excluding tert-OH is 1. The Hall–Kier alpha value is -0.900. The normalized spacial score (nSPS) is 26.5. The van der Waals surface area contributed by atoms with Crippen LogP contribution < -0.4 is 0 Å². The lowest BCUT2D eigenvalue weighted by molar-refractivity contribution is -0.122. The highest BCUT2D eigenvalue weighted by Crippen LogP contribution is 2.13. The first kappa shape index (κ1) is 10.6. The molecule has 0 spiro atoms. The van der Waals surface area contributed by atoms with Crippen LogP contribution >= 0.6 is 0 Å². The van der Waals surface area contributed by atoms with Crippen LogP contribution in [0.25, 0.3) is 0 Å². The molecule has 0 aliphatic carbocycles. The van der Waals surface area contributed by atoms with Crippen LogP contribution in [0, 0.1) is 0 Å². The average Bonchev–Trinajstić information content (AvgIpc) is 2.29. The number of benzene rings is 1. The number of ether oxygens (including phenoxy) is 2. The van der Waals surface area contributed by atoms with E-state index in [2.05, 4.69) is 0 Å². The number of rotatable bonds is 3. The Morgan fingerprint density at radius 2 is 2.13 bits per heavy atom. The third kappa shape index (κ3) is 3.02. The van der Waals surface area contributed by atoms with E-state index in [1.807, 2.05) is 30.3 Å². The molecule has 1 aliphatic rings. The molecule has 0 saturated carbocycles. The zero-order valence-corrected chi connectivity index (χ0v) is 8.63. The molecule has 0 bridgehead atoms. The third-order valence-electron chi connectivity index (χ3n) is 2.58. The minimum Gasteiger partial charge on any atom is -0.390 e. The summed E-state index contributed by atoms with van der Waals surface area (Å²) in [5.74, 6) is 0. The van der Waals surface area contributed by atoms with Gasteiger partial charge >= 0.3 is 0 Å². The molecular formula is C12H16O3. The molecule has 1 saturated heterocycles. The first-order valence-corrected chi connectivity index (χ1v) is 5.27. The van der Waals surface area contributed by atoms with Crippen LogP contribution in [-0.2, 0) is 16.1 Å². The van der Waals surface area contributed by atoms with Gasteiger partial charge in [-0.15, -0.1) is 0 Å². The molecule has 1 N–H and O–H groups in total. The molecule has 2 atom stereocenters. The van der Waals surface area contributed by atoms with Crippen LogP contribution in [0.15, 0.2) is 30.3 Å². The minimum atomic E-state index is -0.387. The second-order valence-corrected chi connectivity index (χ2v) is 3.77. The molecule has 1 heterocycles. The maximum absolute atomic E-state index is 9.64. The molecule has 3 nitrogen and oxygen atoms in total. The van der Waals surface area contributed by atoms with Gasteiger partial charge in [0.1, 0.15) is 6.10 Å². The van der Waals surface area contributed by atoms with Crippen molar-refractivity contribution in [1.29, 1.82) is 0 Å². The van der Waals surface area contributed by atoms with E-state index >= 15 is 0 Å². The van der Waals surface area contributed by atoms with Crippen LogP contribution in [-0.4, -0.2) is 30.5 Å². The van der Waals surface area contributed by atoms with Gasteiger partial charge in [0.15, 0.2) is 0 Å². The van der Waals surface area contributed by atoms with Crippen molar-refractivity contribution in [3.8, 4) is 0 Å². The van der Waals surface area contributed by atoms with Gasteiger partial charge < -0.3 is 14.6 Å². The van der Waals surface area contributed by atoms with Gasteiger partial charge in [0.2, 0.25) is 0 Å². The molecule has 0 amide bonds. The van der Waals surface area contributed by atoms with Crippen molar-refractivity contribution in [3.63, 3.8) is 0 Å². The molecule has 3 heteroatoms. The highest BCUT2D eigenvalue weighted by molar-refractivity contribution is 5.13. The topological polar surface area (TPSA) is 38.7 Å². The van der Waals surface area contributed by atoms with Gasteiger partial charge in [-0.1, -0.05) is 30.3 Å². The predicted octanol–water partition coefficient (Wildman–Crippen LogP) is 1.35. The summed E-state index contributed by atoms with van der Waals surface area (Å²) in [5, 5.41) is 9.64. The van der Waals surface area contributed by atoms with E-state index in [9.17, 15) is 5.11 Å². The van der Waals surface area contributed by atoms with E-state index in [4.69, 9.17) is 9.47 Å². The Labute approximate surface area is 89.6 Å². The lowest BCUT2D eigenvalue weighted by Gasteiger charge is -2.27. The largest absolute Gasteiger partial charge is 0.390 e. The zero-order valence-electron chi connectivity index (χ0n) is 8.63. The van der Waals surface area contributed by atoms with E-state index in [0.717, 1.165) is 5.56 Å². The zero-order chi connectivity index (χ0) is 10.5.